The number of carboxylic acid groups (broad SMARTS) is 1. The van der Waals surface area contributed by atoms with Crippen molar-refractivity contribution in [2.24, 2.45) is 0 Å². The molecule has 0 amide bonds. The first-order valence-electron chi connectivity index (χ1n) is 19.1. The number of carbonyl (C=O) groups excluding carboxylic acids is 1. The van der Waals surface area contributed by atoms with Crippen LogP contribution >= 0.6 is 0 Å². The smallest absolute Gasteiger partial charge is 0.341 e. The van der Waals surface area contributed by atoms with Gasteiger partial charge in [0.25, 0.3) is 0 Å². The number of phenols is 2. The number of esters is 1. The summed E-state index contributed by atoms with van der Waals surface area (Å²) in [6.45, 7) is 31.2. The molecule has 0 aliphatic heterocycles. The second-order valence-corrected chi connectivity index (χ2v) is 18.2. The lowest BCUT2D eigenvalue weighted by molar-refractivity contribution is 0.0596. The van der Waals surface area contributed by atoms with Gasteiger partial charge in [0.2, 0.25) is 0 Å². The third kappa shape index (κ3) is 7.87. The van der Waals surface area contributed by atoms with E-state index in [9.17, 15) is 19.8 Å². The Kier molecular flexibility index (Phi) is 10.8. The fourth-order valence-corrected chi connectivity index (χ4v) is 8.31. The van der Waals surface area contributed by atoms with Gasteiger partial charge in [-0.05, 0) is 152 Å². The maximum atomic E-state index is 11.7. The van der Waals surface area contributed by atoms with Gasteiger partial charge in [0.05, 0.1) is 7.11 Å². The standard InChI is InChI=1S/C25H30O3.C24H28O3/c1-15-12-20-21(25(5,6)11-10-24(20,3)4)14-19(15)16(2)17-8-9-18(22(26)13-17)23(27)28-7;1-14-11-19-20(24(5,6)10-9-23(19,3)4)13-18(14)15(2)16-7-8-17(22(26)27)21(25)12-16/h8-9,12-14,26H,2,10-11H2,1,3-7H3;7-8,11-13,25H,2,9-10H2,1,3-6H3,(H,26,27). The van der Waals surface area contributed by atoms with Crippen molar-refractivity contribution in [3.05, 3.63) is 141 Å². The Balaban J connectivity index is 0.000000211. The minimum atomic E-state index is -1.14. The Bertz CT molecular complexity index is 2230. The van der Waals surface area contributed by atoms with Crippen LogP contribution in [0.5, 0.6) is 11.5 Å². The van der Waals surface area contributed by atoms with Crippen molar-refractivity contribution in [3.63, 3.8) is 0 Å². The summed E-state index contributed by atoms with van der Waals surface area (Å²) in [5, 5.41) is 29.4. The van der Waals surface area contributed by atoms with Gasteiger partial charge in [-0.15, -0.1) is 0 Å². The third-order valence-corrected chi connectivity index (χ3v) is 12.4. The minimum Gasteiger partial charge on any atom is -0.507 e. The zero-order valence-corrected chi connectivity index (χ0v) is 34.6. The van der Waals surface area contributed by atoms with Gasteiger partial charge >= 0.3 is 11.9 Å². The molecule has 4 aromatic carbocycles. The molecular formula is C49H58O6. The van der Waals surface area contributed by atoms with E-state index in [2.05, 4.69) is 107 Å². The average molecular weight is 743 g/mol. The van der Waals surface area contributed by atoms with Crippen LogP contribution in [0.15, 0.2) is 73.8 Å². The van der Waals surface area contributed by atoms with E-state index < -0.39 is 11.9 Å². The number of rotatable bonds is 6. The molecule has 0 saturated heterocycles. The van der Waals surface area contributed by atoms with Gasteiger partial charge in [-0.1, -0.05) is 105 Å². The van der Waals surface area contributed by atoms with Gasteiger partial charge in [-0.25, -0.2) is 9.59 Å². The molecule has 6 rings (SSSR count). The van der Waals surface area contributed by atoms with Crippen LogP contribution in [0.4, 0.5) is 0 Å². The van der Waals surface area contributed by atoms with E-state index in [-0.39, 0.29) is 44.3 Å². The Morgan fingerprint density at radius 2 is 0.873 bits per heavy atom. The number of phenolic OH excluding ortho intramolecular Hbond substituents is 1. The van der Waals surface area contributed by atoms with Gasteiger partial charge in [0, 0.05) is 0 Å². The molecule has 290 valence electrons. The maximum absolute atomic E-state index is 11.7. The Hall–Kier alpha value is -5.10. The molecule has 0 unspecified atom stereocenters. The van der Waals surface area contributed by atoms with Gasteiger partial charge in [0.15, 0.2) is 0 Å². The first kappa shape index (κ1) is 41.1. The summed E-state index contributed by atoms with van der Waals surface area (Å²) >= 11 is 0. The molecule has 4 aromatic rings. The molecule has 0 bridgehead atoms. The summed E-state index contributed by atoms with van der Waals surface area (Å²) in [7, 11) is 1.30. The molecule has 6 heteroatoms. The number of methoxy groups -OCH3 is 1. The molecule has 0 fully saturated rings. The second kappa shape index (κ2) is 14.5. The number of aromatic carboxylic acids is 1. The molecule has 6 nitrogen and oxygen atoms in total. The number of fused-ring (bicyclic) bond motifs is 2. The molecule has 2 aliphatic carbocycles. The summed E-state index contributed by atoms with van der Waals surface area (Å²) in [4.78, 5) is 22.9. The molecule has 0 radical (unpaired) electrons. The van der Waals surface area contributed by atoms with Crippen LogP contribution in [0, 0.1) is 13.8 Å². The molecule has 0 aromatic heterocycles. The summed E-state index contributed by atoms with van der Waals surface area (Å²) in [6.07, 6.45) is 4.62. The van der Waals surface area contributed by atoms with Gasteiger partial charge in [-0.3, -0.25) is 0 Å². The van der Waals surface area contributed by atoms with Gasteiger partial charge in [0.1, 0.15) is 22.6 Å². The van der Waals surface area contributed by atoms with E-state index in [4.69, 9.17) is 9.84 Å². The average Bonchev–Trinajstić information content (AvgIpc) is 3.11. The van der Waals surface area contributed by atoms with Crippen molar-refractivity contribution in [2.75, 3.05) is 7.11 Å². The first-order valence-corrected chi connectivity index (χ1v) is 19.1. The number of hydrogen-bond donors (Lipinski definition) is 3. The highest BCUT2D eigenvalue weighted by atomic mass is 16.5. The quantitative estimate of drug-likeness (QED) is 0.170. The number of carbonyl (C=O) groups is 2. The number of benzene rings is 4. The third-order valence-electron chi connectivity index (χ3n) is 12.4. The molecule has 0 spiro atoms. The lowest BCUT2D eigenvalue weighted by Gasteiger charge is -2.42. The number of aryl methyl sites for hydroxylation is 2. The Morgan fingerprint density at radius 1 is 0.545 bits per heavy atom. The van der Waals surface area contributed by atoms with Crippen molar-refractivity contribution in [1.29, 1.82) is 0 Å². The topological polar surface area (TPSA) is 104 Å². The van der Waals surface area contributed by atoms with Crippen LogP contribution in [0.3, 0.4) is 0 Å². The fourth-order valence-electron chi connectivity index (χ4n) is 8.31. The van der Waals surface area contributed by atoms with Crippen LogP contribution in [0.25, 0.3) is 11.1 Å². The lowest BCUT2D eigenvalue weighted by atomic mass is 9.62. The van der Waals surface area contributed by atoms with E-state index in [1.807, 2.05) is 6.07 Å². The summed E-state index contributed by atoms with van der Waals surface area (Å²) < 4.78 is 4.70. The van der Waals surface area contributed by atoms with Crippen LogP contribution in [0.2, 0.25) is 0 Å². The predicted octanol–water partition coefficient (Wildman–Crippen LogP) is 11.7. The van der Waals surface area contributed by atoms with Crippen LogP contribution < -0.4 is 0 Å². The van der Waals surface area contributed by atoms with Crippen LogP contribution in [0.1, 0.15) is 157 Å². The van der Waals surface area contributed by atoms with Crippen molar-refractivity contribution >= 4 is 23.1 Å². The van der Waals surface area contributed by atoms with Gasteiger partial charge < -0.3 is 20.1 Å². The molecule has 3 N–H and O–H groups in total. The van der Waals surface area contributed by atoms with E-state index in [0.29, 0.717) is 0 Å². The summed E-state index contributed by atoms with van der Waals surface area (Å²) in [6, 6.07) is 18.7. The molecule has 2 aliphatic rings. The van der Waals surface area contributed by atoms with Crippen LogP contribution in [-0.2, 0) is 26.4 Å². The van der Waals surface area contributed by atoms with Crippen molar-refractivity contribution in [1.82, 2.24) is 0 Å². The van der Waals surface area contributed by atoms with Crippen LogP contribution in [-0.4, -0.2) is 34.4 Å². The normalized spacial score (nSPS) is 17.1. The number of carboxylic acids is 1. The molecule has 0 saturated carbocycles. The van der Waals surface area contributed by atoms with E-state index >= 15 is 0 Å². The highest BCUT2D eigenvalue weighted by molar-refractivity contribution is 5.94. The molecular weight excluding hydrogens is 685 g/mol. The second-order valence-electron chi connectivity index (χ2n) is 18.2. The molecule has 0 atom stereocenters. The van der Waals surface area contributed by atoms with E-state index in [0.717, 1.165) is 58.2 Å². The van der Waals surface area contributed by atoms with Crippen molar-refractivity contribution < 1.29 is 29.6 Å². The Morgan fingerprint density at radius 3 is 1.18 bits per heavy atom. The number of ether oxygens (including phenoxy) is 1. The summed E-state index contributed by atoms with van der Waals surface area (Å²) in [5.41, 5.74) is 13.7. The monoisotopic (exact) mass is 742 g/mol. The highest BCUT2D eigenvalue weighted by Crippen LogP contribution is 2.49. The molecule has 55 heavy (non-hydrogen) atoms. The first-order chi connectivity index (χ1) is 25.4. The number of aromatic hydroxyl groups is 2. The van der Waals surface area contributed by atoms with E-state index in [1.165, 1.54) is 53.5 Å². The Labute approximate surface area is 327 Å². The zero-order valence-electron chi connectivity index (χ0n) is 34.6. The lowest BCUT2D eigenvalue weighted by Crippen LogP contribution is -2.34. The highest BCUT2D eigenvalue weighted by Gasteiger charge is 2.39. The number of hydrogen-bond acceptors (Lipinski definition) is 5. The predicted molar refractivity (Wildman–Crippen MR) is 224 cm³/mol. The van der Waals surface area contributed by atoms with Gasteiger partial charge in [-0.2, -0.15) is 0 Å². The molecule has 0 heterocycles. The van der Waals surface area contributed by atoms with Crippen molar-refractivity contribution in [2.45, 2.75) is 117 Å². The fraction of sp³-hybridized carbons (Fsp3) is 0.388. The summed E-state index contributed by atoms with van der Waals surface area (Å²) in [5.74, 6) is -2.02. The van der Waals surface area contributed by atoms with Crippen molar-refractivity contribution in [3.8, 4) is 11.5 Å². The SMILES string of the molecule is C=C(c1ccc(C(=O)O)c(O)c1)c1cc2c(cc1C)C(C)(C)CCC2(C)C.C=C(c1ccc(C(=O)OC)c(O)c1)c1cc2c(cc1C)C(C)(C)CCC2(C)C. The van der Waals surface area contributed by atoms with E-state index in [1.54, 1.807) is 18.2 Å². The largest absolute Gasteiger partial charge is 0.507 e. The minimum absolute atomic E-state index is 0.0948. The maximum Gasteiger partial charge on any atom is 0.341 e. The zero-order chi connectivity index (χ0) is 41.0.